The lowest BCUT2D eigenvalue weighted by atomic mass is 10.1. The number of ether oxygens (including phenoxy) is 3. The molecule has 2 aromatic rings. The van der Waals surface area contributed by atoms with Gasteiger partial charge in [-0.25, -0.2) is 4.79 Å². The van der Waals surface area contributed by atoms with Crippen LogP contribution >= 0.6 is 27.5 Å². The normalized spacial score (nSPS) is 18.0. The zero-order valence-electron chi connectivity index (χ0n) is 16.9. The van der Waals surface area contributed by atoms with Crippen molar-refractivity contribution in [1.29, 1.82) is 0 Å². The molecule has 0 amide bonds. The van der Waals surface area contributed by atoms with Crippen LogP contribution in [0.25, 0.3) is 0 Å². The molecule has 0 radical (unpaired) electrons. The van der Waals surface area contributed by atoms with E-state index in [9.17, 15) is 14.7 Å². The van der Waals surface area contributed by atoms with Gasteiger partial charge in [0.25, 0.3) is 0 Å². The number of halogens is 2. The van der Waals surface area contributed by atoms with Gasteiger partial charge in [-0.3, -0.25) is 4.79 Å². The standard InChI is InChI=1S/C22H23BrClNO6/c1-2-29-22(28)20-9-18(10-25-20)30-11-13-5-15(21(26)27)7-17(6-13)31-12-14-3-4-16(24)8-19(14)23/h3-8,18,20,25H,2,9-12H2,1H3,(H,26,27). The van der Waals surface area contributed by atoms with Crippen molar-refractivity contribution in [2.75, 3.05) is 13.2 Å². The predicted octanol–water partition coefficient (Wildman–Crippen LogP) is 4.19. The maximum absolute atomic E-state index is 11.8. The minimum Gasteiger partial charge on any atom is -0.489 e. The van der Waals surface area contributed by atoms with Gasteiger partial charge in [0.15, 0.2) is 0 Å². The van der Waals surface area contributed by atoms with Crippen LogP contribution in [0.5, 0.6) is 5.75 Å². The number of carbonyl (C=O) groups excluding carboxylic acids is 1. The first-order chi connectivity index (χ1) is 14.9. The molecule has 0 aromatic heterocycles. The molecule has 2 atom stereocenters. The highest BCUT2D eigenvalue weighted by molar-refractivity contribution is 9.10. The van der Waals surface area contributed by atoms with Gasteiger partial charge in [-0.2, -0.15) is 0 Å². The molecule has 0 saturated carbocycles. The second-order valence-corrected chi connectivity index (χ2v) is 8.37. The van der Waals surface area contributed by atoms with Crippen molar-refractivity contribution in [3.8, 4) is 5.75 Å². The summed E-state index contributed by atoms with van der Waals surface area (Å²) in [6.07, 6.45) is 0.336. The summed E-state index contributed by atoms with van der Waals surface area (Å²) in [6, 6.07) is 9.77. The molecule has 1 heterocycles. The topological polar surface area (TPSA) is 94.1 Å². The van der Waals surface area contributed by atoms with Crippen molar-refractivity contribution in [3.05, 3.63) is 62.6 Å². The number of esters is 1. The summed E-state index contributed by atoms with van der Waals surface area (Å²) in [7, 11) is 0. The van der Waals surface area contributed by atoms with Gasteiger partial charge in [-0.05, 0) is 42.8 Å². The van der Waals surface area contributed by atoms with Crippen LogP contribution in [0, 0.1) is 0 Å². The van der Waals surface area contributed by atoms with E-state index in [1.54, 1.807) is 31.2 Å². The fourth-order valence-corrected chi connectivity index (χ4v) is 4.01. The molecule has 0 spiro atoms. The molecule has 2 N–H and O–H groups in total. The Hall–Kier alpha value is -2.13. The predicted molar refractivity (Wildman–Crippen MR) is 119 cm³/mol. The number of carbonyl (C=O) groups is 2. The molecule has 31 heavy (non-hydrogen) atoms. The molecule has 1 saturated heterocycles. The van der Waals surface area contributed by atoms with Crippen molar-refractivity contribution in [2.45, 2.75) is 38.7 Å². The summed E-state index contributed by atoms with van der Waals surface area (Å²) in [6.45, 7) is 3.07. The van der Waals surface area contributed by atoms with E-state index in [0.29, 0.717) is 35.9 Å². The van der Waals surface area contributed by atoms with E-state index in [2.05, 4.69) is 21.2 Å². The average molecular weight is 513 g/mol. The van der Waals surface area contributed by atoms with Crippen LogP contribution in [-0.4, -0.2) is 42.3 Å². The van der Waals surface area contributed by atoms with Crippen LogP contribution in [-0.2, 0) is 27.5 Å². The van der Waals surface area contributed by atoms with E-state index in [4.69, 9.17) is 25.8 Å². The third kappa shape index (κ3) is 6.67. The van der Waals surface area contributed by atoms with Crippen LogP contribution < -0.4 is 10.1 Å². The van der Waals surface area contributed by atoms with Crippen LogP contribution in [0.2, 0.25) is 5.02 Å². The van der Waals surface area contributed by atoms with Crippen molar-refractivity contribution in [1.82, 2.24) is 5.32 Å². The summed E-state index contributed by atoms with van der Waals surface area (Å²) in [4.78, 5) is 23.4. The molecule has 3 rings (SSSR count). The number of nitrogens with one attached hydrogen (secondary N) is 1. The number of carboxylic acid groups (broad SMARTS) is 1. The summed E-state index contributed by atoms with van der Waals surface area (Å²) in [5, 5.41) is 13.1. The molecule has 0 bridgehead atoms. The minimum atomic E-state index is -1.05. The summed E-state index contributed by atoms with van der Waals surface area (Å²) in [5.74, 6) is -0.913. The lowest BCUT2D eigenvalue weighted by Gasteiger charge is -2.14. The maximum Gasteiger partial charge on any atom is 0.335 e. The van der Waals surface area contributed by atoms with Crippen LogP contribution in [0.15, 0.2) is 40.9 Å². The lowest BCUT2D eigenvalue weighted by Crippen LogP contribution is -2.32. The first-order valence-corrected chi connectivity index (χ1v) is 11.0. The fourth-order valence-electron chi connectivity index (χ4n) is 3.22. The Bertz CT molecular complexity index is 954. The van der Waals surface area contributed by atoms with Gasteiger partial charge in [-0.15, -0.1) is 0 Å². The number of hydrogen-bond donors (Lipinski definition) is 2. The molecule has 1 aliphatic rings. The van der Waals surface area contributed by atoms with E-state index in [1.165, 1.54) is 6.07 Å². The Kier molecular flexibility index (Phi) is 8.31. The van der Waals surface area contributed by atoms with E-state index in [0.717, 1.165) is 10.0 Å². The molecule has 0 aliphatic carbocycles. The largest absolute Gasteiger partial charge is 0.489 e. The molecular weight excluding hydrogens is 490 g/mol. The highest BCUT2D eigenvalue weighted by Crippen LogP contribution is 2.25. The Morgan fingerprint density at radius 3 is 2.74 bits per heavy atom. The van der Waals surface area contributed by atoms with Gasteiger partial charge in [0.1, 0.15) is 18.4 Å². The Morgan fingerprint density at radius 2 is 2.03 bits per heavy atom. The van der Waals surface area contributed by atoms with E-state index in [1.807, 2.05) is 6.07 Å². The highest BCUT2D eigenvalue weighted by Gasteiger charge is 2.31. The van der Waals surface area contributed by atoms with Crippen molar-refractivity contribution >= 4 is 39.5 Å². The summed E-state index contributed by atoms with van der Waals surface area (Å²) in [5.41, 5.74) is 1.66. The molecule has 166 valence electrons. The van der Waals surface area contributed by atoms with Crippen LogP contribution in [0.1, 0.15) is 34.8 Å². The molecule has 2 aromatic carbocycles. The zero-order chi connectivity index (χ0) is 22.4. The van der Waals surface area contributed by atoms with Gasteiger partial charge in [-0.1, -0.05) is 33.6 Å². The first-order valence-electron chi connectivity index (χ1n) is 9.81. The third-order valence-corrected chi connectivity index (χ3v) is 5.74. The second kappa shape index (κ2) is 10.9. The van der Waals surface area contributed by atoms with Crippen molar-refractivity contribution < 1.29 is 28.9 Å². The van der Waals surface area contributed by atoms with E-state index >= 15 is 0 Å². The molecule has 9 heteroatoms. The second-order valence-electron chi connectivity index (χ2n) is 7.08. The van der Waals surface area contributed by atoms with Crippen LogP contribution in [0.4, 0.5) is 0 Å². The summed E-state index contributed by atoms with van der Waals surface area (Å²) < 4.78 is 17.5. The Morgan fingerprint density at radius 1 is 1.23 bits per heavy atom. The van der Waals surface area contributed by atoms with Gasteiger partial charge in [0.05, 0.1) is 24.9 Å². The summed E-state index contributed by atoms with van der Waals surface area (Å²) >= 11 is 9.40. The van der Waals surface area contributed by atoms with Gasteiger partial charge >= 0.3 is 11.9 Å². The number of benzene rings is 2. The Balaban J connectivity index is 1.63. The number of aromatic carboxylic acids is 1. The number of rotatable bonds is 9. The quantitative estimate of drug-likeness (QED) is 0.487. The molecule has 1 fully saturated rings. The van der Waals surface area contributed by atoms with E-state index in [-0.39, 0.29) is 36.9 Å². The monoisotopic (exact) mass is 511 g/mol. The van der Waals surface area contributed by atoms with Gasteiger partial charge < -0.3 is 24.6 Å². The molecule has 7 nitrogen and oxygen atoms in total. The van der Waals surface area contributed by atoms with Gasteiger partial charge in [0.2, 0.25) is 0 Å². The average Bonchev–Trinajstić information content (AvgIpc) is 3.21. The lowest BCUT2D eigenvalue weighted by molar-refractivity contribution is -0.145. The van der Waals surface area contributed by atoms with Gasteiger partial charge in [0, 0.05) is 28.0 Å². The molecule has 1 aliphatic heterocycles. The smallest absolute Gasteiger partial charge is 0.335 e. The molecule has 2 unspecified atom stereocenters. The third-order valence-electron chi connectivity index (χ3n) is 4.77. The van der Waals surface area contributed by atoms with E-state index < -0.39 is 5.97 Å². The number of carboxylic acids is 1. The van der Waals surface area contributed by atoms with Crippen molar-refractivity contribution in [2.24, 2.45) is 0 Å². The maximum atomic E-state index is 11.8. The first kappa shape index (κ1) is 23.5. The Labute approximate surface area is 193 Å². The number of hydrogen-bond acceptors (Lipinski definition) is 6. The fraction of sp³-hybridized carbons (Fsp3) is 0.364. The zero-order valence-corrected chi connectivity index (χ0v) is 19.2. The molecular formula is C22H23BrClNO6. The minimum absolute atomic E-state index is 0.111. The highest BCUT2D eigenvalue weighted by atomic mass is 79.9. The SMILES string of the molecule is CCOC(=O)C1CC(OCc2cc(OCc3ccc(Cl)cc3Br)cc(C(=O)O)c2)CN1. The van der Waals surface area contributed by atoms with Crippen LogP contribution in [0.3, 0.4) is 0 Å². The van der Waals surface area contributed by atoms with Crippen molar-refractivity contribution in [3.63, 3.8) is 0 Å².